The Hall–Kier alpha value is -1.68. The first kappa shape index (κ1) is 10.8. The van der Waals surface area contributed by atoms with Crippen LogP contribution in [0.2, 0.25) is 0 Å². The number of hydrogen-bond acceptors (Lipinski definition) is 3. The Morgan fingerprint density at radius 3 is 2.62 bits per heavy atom. The molecule has 0 aliphatic rings. The summed E-state index contributed by atoms with van der Waals surface area (Å²) in [6.45, 7) is 3.47. The van der Waals surface area contributed by atoms with Crippen LogP contribution in [-0.4, -0.2) is 21.3 Å². The van der Waals surface area contributed by atoms with Gasteiger partial charge in [0.2, 0.25) is 0 Å². The maximum Gasteiger partial charge on any atom is 0.137 e. The van der Waals surface area contributed by atoms with Crippen molar-refractivity contribution in [3.63, 3.8) is 0 Å². The lowest BCUT2D eigenvalue weighted by Gasteiger charge is -2.15. The van der Waals surface area contributed by atoms with Gasteiger partial charge in [-0.15, -0.1) is 0 Å². The molecule has 4 nitrogen and oxygen atoms in total. The van der Waals surface area contributed by atoms with Crippen LogP contribution in [0.3, 0.4) is 0 Å². The number of aromatic nitrogens is 3. The summed E-state index contributed by atoms with van der Waals surface area (Å²) in [7, 11) is 0. The van der Waals surface area contributed by atoms with Crippen LogP contribution in [0.15, 0.2) is 36.9 Å². The molecule has 0 aliphatic carbocycles. The van der Waals surface area contributed by atoms with Crippen LogP contribution in [0.1, 0.15) is 17.0 Å². The van der Waals surface area contributed by atoms with Crippen LogP contribution in [0.5, 0.6) is 0 Å². The summed E-state index contributed by atoms with van der Waals surface area (Å²) >= 11 is 0. The first-order valence-corrected chi connectivity index (χ1v) is 5.38. The van der Waals surface area contributed by atoms with Crippen LogP contribution in [0.25, 0.3) is 0 Å². The Labute approximate surface area is 95.1 Å². The number of nitrogens with two attached hydrogens (primary N) is 1. The largest absolute Gasteiger partial charge is 0.330 e. The van der Waals surface area contributed by atoms with Gasteiger partial charge in [0, 0.05) is 12.5 Å². The summed E-state index contributed by atoms with van der Waals surface area (Å²) < 4.78 is 1.82. The van der Waals surface area contributed by atoms with Crippen LogP contribution in [-0.2, 0) is 6.54 Å². The number of nitrogens with zero attached hydrogens (tertiary/aromatic N) is 3. The van der Waals surface area contributed by atoms with Gasteiger partial charge in [0.25, 0.3) is 0 Å². The van der Waals surface area contributed by atoms with Crippen molar-refractivity contribution in [2.75, 3.05) is 6.54 Å². The van der Waals surface area contributed by atoms with Gasteiger partial charge in [-0.2, -0.15) is 5.10 Å². The zero-order valence-electron chi connectivity index (χ0n) is 9.37. The molecule has 84 valence electrons. The van der Waals surface area contributed by atoms with Gasteiger partial charge >= 0.3 is 0 Å². The highest BCUT2D eigenvalue weighted by molar-refractivity contribution is 5.24. The highest BCUT2D eigenvalue weighted by Crippen LogP contribution is 2.16. The topological polar surface area (TPSA) is 56.7 Å². The molecule has 2 aromatic rings. The highest BCUT2D eigenvalue weighted by Gasteiger charge is 2.10. The van der Waals surface area contributed by atoms with Gasteiger partial charge in [0.05, 0.1) is 6.54 Å². The monoisotopic (exact) mass is 216 g/mol. The van der Waals surface area contributed by atoms with Crippen molar-refractivity contribution < 1.29 is 0 Å². The molecule has 2 N–H and O–H groups in total. The molecule has 0 amide bonds. The fourth-order valence-electron chi connectivity index (χ4n) is 1.71. The summed E-state index contributed by atoms with van der Waals surface area (Å²) in [5, 5.41) is 4.10. The predicted octanol–water partition coefficient (Wildman–Crippen LogP) is 1.33. The Bertz CT molecular complexity index is 419. The second kappa shape index (κ2) is 4.90. The third-order valence-corrected chi connectivity index (χ3v) is 2.71. The highest BCUT2D eigenvalue weighted by atomic mass is 15.3. The second-order valence-electron chi connectivity index (χ2n) is 3.96. The Morgan fingerprint density at radius 1 is 1.31 bits per heavy atom. The molecule has 0 spiro atoms. The van der Waals surface area contributed by atoms with Crippen molar-refractivity contribution in [2.45, 2.75) is 19.4 Å². The number of benzene rings is 1. The summed E-state index contributed by atoms with van der Waals surface area (Å²) in [6.07, 6.45) is 3.26. The van der Waals surface area contributed by atoms with E-state index >= 15 is 0 Å². The van der Waals surface area contributed by atoms with E-state index in [1.54, 1.807) is 12.7 Å². The van der Waals surface area contributed by atoms with E-state index in [-0.39, 0.29) is 0 Å². The van der Waals surface area contributed by atoms with Crippen LogP contribution in [0, 0.1) is 6.92 Å². The Kier molecular flexibility index (Phi) is 3.31. The van der Waals surface area contributed by atoms with E-state index in [0.717, 1.165) is 6.54 Å². The lowest BCUT2D eigenvalue weighted by Crippen LogP contribution is -2.18. The van der Waals surface area contributed by atoms with Gasteiger partial charge in [-0.1, -0.05) is 29.8 Å². The quantitative estimate of drug-likeness (QED) is 0.838. The van der Waals surface area contributed by atoms with E-state index in [0.29, 0.717) is 12.5 Å². The third kappa shape index (κ3) is 2.46. The smallest absolute Gasteiger partial charge is 0.137 e. The molecule has 0 bridgehead atoms. The van der Waals surface area contributed by atoms with Crippen molar-refractivity contribution in [3.8, 4) is 0 Å². The van der Waals surface area contributed by atoms with E-state index in [9.17, 15) is 0 Å². The molecular formula is C12H16N4. The van der Waals surface area contributed by atoms with Crippen molar-refractivity contribution in [3.05, 3.63) is 48.0 Å². The van der Waals surface area contributed by atoms with E-state index in [1.807, 2.05) is 4.68 Å². The van der Waals surface area contributed by atoms with Crippen molar-refractivity contribution >= 4 is 0 Å². The molecule has 0 aliphatic heterocycles. The van der Waals surface area contributed by atoms with Gasteiger partial charge in [-0.3, -0.25) is 4.68 Å². The minimum atomic E-state index is 0.294. The van der Waals surface area contributed by atoms with Crippen LogP contribution >= 0.6 is 0 Å². The predicted molar refractivity (Wildman–Crippen MR) is 63.0 cm³/mol. The maximum absolute atomic E-state index is 5.80. The number of hydrogen-bond donors (Lipinski definition) is 1. The van der Waals surface area contributed by atoms with Gasteiger partial charge in [-0.25, -0.2) is 4.98 Å². The molecule has 1 heterocycles. The fraction of sp³-hybridized carbons (Fsp3) is 0.333. The molecule has 16 heavy (non-hydrogen) atoms. The standard InChI is InChI=1S/C12H16N4/c1-10-2-4-11(5-3-10)12(6-13)7-16-9-14-8-15-16/h2-5,8-9,12H,6-7,13H2,1H3. The normalized spacial score (nSPS) is 12.6. The average Bonchev–Trinajstić information content (AvgIpc) is 2.80. The van der Waals surface area contributed by atoms with E-state index in [1.165, 1.54) is 11.1 Å². The molecule has 1 atom stereocenters. The fourth-order valence-corrected chi connectivity index (χ4v) is 1.71. The number of aryl methyl sites for hydroxylation is 1. The molecule has 1 aromatic carbocycles. The minimum absolute atomic E-state index is 0.294. The van der Waals surface area contributed by atoms with Gasteiger partial charge < -0.3 is 5.73 Å². The molecule has 4 heteroatoms. The lowest BCUT2D eigenvalue weighted by molar-refractivity contribution is 0.520. The van der Waals surface area contributed by atoms with E-state index in [2.05, 4.69) is 41.3 Å². The second-order valence-corrected chi connectivity index (χ2v) is 3.96. The zero-order chi connectivity index (χ0) is 11.4. The van der Waals surface area contributed by atoms with E-state index < -0.39 is 0 Å². The van der Waals surface area contributed by atoms with Gasteiger partial charge in [0.15, 0.2) is 0 Å². The maximum atomic E-state index is 5.80. The Morgan fingerprint density at radius 2 is 2.06 bits per heavy atom. The van der Waals surface area contributed by atoms with Crippen molar-refractivity contribution in [1.29, 1.82) is 0 Å². The first-order valence-electron chi connectivity index (χ1n) is 5.38. The summed E-state index contributed by atoms with van der Waals surface area (Å²) in [4.78, 5) is 3.93. The van der Waals surface area contributed by atoms with E-state index in [4.69, 9.17) is 5.73 Å². The summed E-state index contributed by atoms with van der Waals surface area (Å²) in [5.41, 5.74) is 8.32. The molecule has 2 rings (SSSR count). The molecular weight excluding hydrogens is 200 g/mol. The van der Waals surface area contributed by atoms with Crippen molar-refractivity contribution in [2.24, 2.45) is 5.73 Å². The molecule has 0 saturated carbocycles. The molecule has 1 unspecified atom stereocenters. The molecule has 0 fully saturated rings. The molecule has 1 aromatic heterocycles. The van der Waals surface area contributed by atoms with Crippen LogP contribution in [0.4, 0.5) is 0 Å². The number of rotatable bonds is 4. The first-order chi connectivity index (χ1) is 7.79. The SMILES string of the molecule is Cc1ccc(C(CN)Cn2cncn2)cc1. The minimum Gasteiger partial charge on any atom is -0.330 e. The Balaban J connectivity index is 2.13. The van der Waals surface area contributed by atoms with Crippen LogP contribution < -0.4 is 5.73 Å². The molecule has 0 saturated heterocycles. The lowest BCUT2D eigenvalue weighted by atomic mass is 9.98. The third-order valence-electron chi connectivity index (χ3n) is 2.71. The summed E-state index contributed by atoms with van der Waals surface area (Å²) in [6, 6.07) is 8.48. The van der Waals surface area contributed by atoms with Gasteiger partial charge in [0.1, 0.15) is 12.7 Å². The molecule has 0 radical (unpaired) electrons. The average molecular weight is 216 g/mol. The zero-order valence-corrected chi connectivity index (χ0v) is 9.37. The summed E-state index contributed by atoms with van der Waals surface area (Å²) in [5.74, 6) is 0.294. The van der Waals surface area contributed by atoms with Gasteiger partial charge in [-0.05, 0) is 12.5 Å². The van der Waals surface area contributed by atoms with Crippen molar-refractivity contribution in [1.82, 2.24) is 14.8 Å².